The molecule has 0 rings (SSSR count). The first kappa shape index (κ1) is 17.9. The summed E-state index contributed by atoms with van der Waals surface area (Å²) >= 11 is 0. The van der Waals surface area contributed by atoms with E-state index in [9.17, 15) is 9.59 Å². The number of carbonyl (C=O) groups excluding carboxylic acids is 2. The van der Waals surface area contributed by atoms with Crippen molar-refractivity contribution in [3.8, 4) is 0 Å². The van der Waals surface area contributed by atoms with Crippen molar-refractivity contribution < 1.29 is 9.59 Å². The van der Waals surface area contributed by atoms with Crippen LogP contribution in [0.5, 0.6) is 0 Å². The van der Waals surface area contributed by atoms with Gasteiger partial charge in [0.1, 0.15) is 5.41 Å². The molecule has 4 nitrogen and oxygen atoms in total. The summed E-state index contributed by atoms with van der Waals surface area (Å²) in [6.45, 7) is 13.6. The summed E-state index contributed by atoms with van der Waals surface area (Å²) in [6.07, 6.45) is 1.82. The summed E-state index contributed by atoms with van der Waals surface area (Å²) in [5, 5.41) is 2.86. The molecule has 0 bridgehead atoms. The smallest absolute Gasteiger partial charge is 0.237 e. The number of hydrogen-bond acceptors (Lipinski definition) is 2. The fraction of sp³-hybridized carbons (Fsp3) is 0.867. The van der Waals surface area contributed by atoms with E-state index in [-0.39, 0.29) is 11.8 Å². The van der Waals surface area contributed by atoms with Crippen LogP contribution in [-0.4, -0.2) is 36.3 Å². The number of amides is 2. The van der Waals surface area contributed by atoms with E-state index in [2.05, 4.69) is 5.32 Å². The second-order valence-electron chi connectivity index (χ2n) is 6.02. The molecule has 0 saturated heterocycles. The summed E-state index contributed by atoms with van der Waals surface area (Å²) < 4.78 is 0. The van der Waals surface area contributed by atoms with Crippen LogP contribution in [-0.2, 0) is 9.59 Å². The van der Waals surface area contributed by atoms with Gasteiger partial charge in [-0.15, -0.1) is 0 Å². The van der Waals surface area contributed by atoms with Crippen molar-refractivity contribution in [3.05, 3.63) is 0 Å². The third kappa shape index (κ3) is 5.62. The average Bonchev–Trinajstić information content (AvgIpc) is 2.34. The van der Waals surface area contributed by atoms with Crippen LogP contribution in [0, 0.1) is 11.3 Å². The van der Waals surface area contributed by atoms with Crippen molar-refractivity contribution in [2.45, 2.75) is 54.4 Å². The quantitative estimate of drug-likeness (QED) is 0.689. The summed E-state index contributed by atoms with van der Waals surface area (Å²) in [7, 11) is 0. The van der Waals surface area contributed by atoms with Crippen LogP contribution >= 0.6 is 0 Å². The van der Waals surface area contributed by atoms with Crippen LogP contribution in [0.15, 0.2) is 0 Å². The largest absolute Gasteiger partial charge is 0.355 e. The maximum atomic E-state index is 12.5. The lowest BCUT2D eigenvalue weighted by molar-refractivity contribution is -0.148. The molecule has 0 aliphatic rings. The minimum absolute atomic E-state index is 0.0718. The molecule has 0 aromatic rings. The maximum Gasteiger partial charge on any atom is 0.237 e. The van der Waals surface area contributed by atoms with E-state index in [1.54, 1.807) is 18.7 Å². The van der Waals surface area contributed by atoms with E-state index in [1.165, 1.54) is 0 Å². The molecule has 0 radical (unpaired) electrons. The molecule has 0 atom stereocenters. The zero-order chi connectivity index (χ0) is 15.1. The number of nitrogens with one attached hydrogen (secondary N) is 1. The fourth-order valence-electron chi connectivity index (χ4n) is 1.86. The van der Waals surface area contributed by atoms with Gasteiger partial charge in [0.2, 0.25) is 11.8 Å². The van der Waals surface area contributed by atoms with Gasteiger partial charge in [0.05, 0.1) is 0 Å². The molecule has 0 unspecified atom stereocenters. The minimum atomic E-state index is -0.987. The van der Waals surface area contributed by atoms with Crippen LogP contribution in [0.3, 0.4) is 0 Å². The predicted molar refractivity (Wildman–Crippen MR) is 78.8 cm³/mol. The van der Waals surface area contributed by atoms with E-state index in [1.807, 2.05) is 27.7 Å². The Morgan fingerprint density at radius 3 is 1.95 bits per heavy atom. The van der Waals surface area contributed by atoms with E-state index in [4.69, 9.17) is 0 Å². The van der Waals surface area contributed by atoms with Crippen molar-refractivity contribution in [1.29, 1.82) is 0 Å². The van der Waals surface area contributed by atoms with E-state index < -0.39 is 5.41 Å². The van der Waals surface area contributed by atoms with Crippen LogP contribution in [0.2, 0.25) is 0 Å². The lowest BCUT2D eigenvalue weighted by Crippen LogP contribution is -2.50. The van der Waals surface area contributed by atoms with Gasteiger partial charge < -0.3 is 10.2 Å². The molecule has 112 valence electrons. The molecule has 0 aliphatic heterocycles. The van der Waals surface area contributed by atoms with Crippen molar-refractivity contribution in [1.82, 2.24) is 10.2 Å². The standard InChI is InChI=1S/C15H30N2O2/c1-7-9-17(10-8-2)14(19)15(5,6)13(18)16-11-12(3)4/h12H,7-11H2,1-6H3,(H,16,18). The second kappa shape index (κ2) is 8.18. The molecule has 19 heavy (non-hydrogen) atoms. The normalized spacial score (nSPS) is 11.5. The number of rotatable bonds is 8. The summed E-state index contributed by atoms with van der Waals surface area (Å²) in [5.41, 5.74) is -0.987. The zero-order valence-corrected chi connectivity index (χ0v) is 13.4. The Balaban J connectivity index is 4.74. The Bertz CT molecular complexity index is 293. The lowest BCUT2D eigenvalue weighted by atomic mass is 9.90. The predicted octanol–water partition coefficient (Wildman–Crippen LogP) is 2.43. The van der Waals surface area contributed by atoms with Crippen LogP contribution in [0.1, 0.15) is 54.4 Å². The number of hydrogen-bond donors (Lipinski definition) is 1. The molecule has 0 heterocycles. The Morgan fingerprint density at radius 1 is 1.11 bits per heavy atom. The molecule has 0 aromatic heterocycles. The molecule has 4 heteroatoms. The molecule has 0 saturated carbocycles. The molecule has 0 aliphatic carbocycles. The first-order chi connectivity index (χ1) is 8.77. The molecule has 1 N–H and O–H groups in total. The molecule has 0 spiro atoms. The highest BCUT2D eigenvalue weighted by atomic mass is 16.2. The summed E-state index contributed by atoms with van der Waals surface area (Å²) in [6, 6.07) is 0. The zero-order valence-electron chi connectivity index (χ0n) is 13.4. The van der Waals surface area contributed by atoms with Gasteiger partial charge in [-0.2, -0.15) is 0 Å². The Kier molecular flexibility index (Phi) is 7.72. The number of carbonyl (C=O) groups is 2. The topological polar surface area (TPSA) is 49.4 Å². The van der Waals surface area contributed by atoms with Crippen molar-refractivity contribution in [2.24, 2.45) is 11.3 Å². The lowest BCUT2D eigenvalue weighted by Gasteiger charge is -2.31. The Labute approximate surface area is 117 Å². The minimum Gasteiger partial charge on any atom is -0.355 e. The summed E-state index contributed by atoms with van der Waals surface area (Å²) in [4.78, 5) is 26.5. The first-order valence-electron chi connectivity index (χ1n) is 7.35. The SMILES string of the molecule is CCCN(CCC)C(=O)C(C)(C)C(=O)NCC(C)C. The highest BCUT2D eigenvalue weighted by Gasteiger charge is 2.38. The second-order valence-corrected chi connectivity index (χ2v) is 6.02. The van der Waals surface area contributed by atoms with E-state index in [0.29, 0.717) is 25.6 Å². The van der Waals surface area contributed by atoms with Crippen LogP contribution in [0.25, 0.3) is 0 Å². The van der Waals surface area contributed by atoms with Gasteiger partial charge in [-0.05, 0) is 32.6 Å². The van der Waals surface area contributed by atoms with Gasteiger partial charge in [-0.1, -0.05) is 27.7 Å². The fourth-order valence-corrected chi connectivity index (χ4v) is 1.86. The Morgan fingerprint density at radius 2 is 1.58 bits per heavy atom. The molecule has 0 aromatic carbocycles. The first-order valence-corrected chi connectivity index (χ1v) is 7.35. The third-order valence-corrected chi connectivity index (χ3v) is 3.05. The van der Waals surface area contributed by atoms with Gasteiger partial charge in [0.25, 0.3) is 0 Å². The van der Waals surface area contributed by atoms with Gasteiger partial charge in [-0.3, -0.25) is 9.59 Å². The Hall–Kier alpha value is -1.06. The molecule has 2 amide bonds. The van der Waals surface area contributed by atoms with Gasteiger partial charge >= 0.3 is 0 Å². The molecule has 0 fully saturated rings. The van der Waals surface area contributed by atoms with Gasteiger partial charge in [-0.25, -0.2) is 0 Å². The monoisotopic (exact) mass is 270 g/mol. The van der Waals surface area contributed by atoms with Gasteiger partial charge in [0.15, 0.2) is 0 Å². The van der Waals surface area contributed by atoms with Crippen molar-refractivity contribution in [2.75, 3.05) is 19.6 Å². The average molecular weight is 270 g/mol. The maximum absolute atomic E-state index is 12.5. The van der Waals surface area contributed by atoms with Crippen LogP contribution in [0.4, 0.5) is 0 Å². The molecular weight excluding hydrogens is 240 g/mol. The summed E-state index contributed by atoms with van der Waals surface area (Å²) in [5.74, 6) is 0.137. The van der Waals surface area contributed by atoms with Crippen LogP contribution < -0.4 is 5.32 Å². The number of nitrogens with zero attached hydrogens (tertiary/aromatic N) is 1. The van der Waals surface area contributed by atoms with Crippen molar-refractivity contribution in [3.63, 3.8) is 0 Å². The van der Waals surface area contributed by atoms with E-state index >= 15 is 0 Å². The molecular formula is C15H30N2O2. The van der Waals surface area contributed by atoms with E-state index in [0.717, 1.165) is 12.8 Å². The van der Waals surface area contributed by atoms with Crippen molar-refractivity contribution >= 4 is 11.8 Å². The highest BCUT2D eigenvalue weighted by molar-refractivity contribution is 6.04. The third-order valence-electron chi connectivity index (χ3n) is 3.05. The highest BCUT2D eigenvalue weighted by Crippen LogP contribution is 2.20. The van der Waals surface area contributed by atoms with Gasteiger partial charge in [0, 0.05) is 19.6 Å².